The molecule has 0 aliphatic rings. The van der Waals surface area contributed by atoms with Crippen LogP contribution in [0.25, 0.3) is 0 Å². The summed E-state index contributed by atoms with van der Waals surface area (Å²) in [6.45, 7) is 12.0. The summed E-state index contributed by atoms with van der Waals surface area (Å²) in [4.78, 5) is 2.49. The lowest BCUT2D eigenvalue weighted by Gasteiger charge is -2.37. The molecular formula is C12H28N2. The highest BCUT2D eigenvalue weighted by molar-refractivity contribution is 4.81. The minimum absolute atomic E-state index is 0.168. The smallest absolute Gasteiger partial charge is 0.0275 e. The Kier molecular flexibility index (Phi) is 7.20. The number of likely N-dealkylation sites (N-methyl/N-ethyl adjacent to an activating group) is 1. The minimum Gasteiger partial charge on any atom is -0.329 e. The van der Waals surface area contributed by atoms with Gasteiger partial charge in [0.2, 0.25) is 0 Å². The zero-order valence-corrected chi connectivity index (χ0v) is 10.5. The maximum Gasteiger partial charge on any atom is 0.0275 e. The van der Waals surface area contributed by atoms with E-state index >= 15 is 0 Å². The first kappa shape index (κ1) is 13.9. The fourth-order valence-corrected chi connectivity index (χ4v) is 1.75. The Morgan fingerprint density at radius 1 is 1.07 bits per heavy atom. The average Bonchev–Trinajstić information content (AvgIpc) is 2.17. The van der Waals surface area contributed by atoms with Crippen LogP contribution in [0.1, 0.15) is 53.4 Å². The number of nitrogens with zero attached hydrogens (tertiary/aromatic N) is 1. The Morgan fingerprint density at radius 3 is 2.14 bits per heavy atom. The first-order valence-electron chi connectivity index (χ1n) is 6.03. The second-order valence-electron chi connectivity index (χ2n) is 4.66. The van der Waals surface area contributed by atoms with Crippen LogP contribution in [0.3, 0.4) is 0 Å². The van der Waals surface area contributed by atoms with Gasteiger partial charge in [0.15, 0.2) is 0 Å². The third-order valence-corrected chi connectivity index (χ3v) is 3.02. The molecule has 0 amide bonds. The Hall–Kier alpha value is -0.0800. The van der Waals surface area contributed by atoms with E-state index in [1.54, 1.807) is 0 Å². The molecule has 0 rings (SSSR count). The molecule has 0 bridgehead atoms. The molecule has 0 aromatic rings. The van der Waals surface area contributed by atoms with E-state index in [1.165, 1.54) is 32.2 Å². The van der Waals surface area contributed by atoms with Gasteiger partial charge in [-0.15, -0.1) is 0 Å². The summed E-state index contributed by atoms with van der Waals surface area (Å²) in [5, 5.41) is 0. The van der Waals surface area contributed by atoms with Crippen LogP contribution in [0.15, 0.2) is 0 Å². The van der Waals surface area contributed by atoms with Crippen molar-refractivity contribution in [3.8, 4) is 0 Å². The van der Waals surface area contributed by atoms with Gasteiger partial charge in [0.05, 0.1) is 0 Å². The molecule has 14 heavy (non-hydrogen) atoms. The van der Waals surface area contributed by atoms with Crippen molar-refractivity contribution in [2.24, 2.45) is 5.73 Å². The number of hydrogen-bond donors (Lipinski definition) is 1. The lowest BCUT2D eigenvalue weighted by molar-refractivity contribution is 0.131. The van der Waals surface area contributed by atoms with Gasteiger partial charge in [-0.3, -0.25) is 4.90 Å². The SMILES string of the molecule is CCCCCCN(CC)C(C)(C)CN. The van der Waals surface area contributed by atoms with Gasteiger partial charge >= 0.3 is 0 Å². The largest absolute Gasteiger partial charge is 0.329 e. The van der Waals surface area contributed by atoms with Crippen molar-refractivity contribution < 1.29 is 0 Å². The predicted molar refractivity (Wildman–Crippen MR) is 64.5 cm³/mol. The molecule has 0 fully saturated rings. The summed E-state index contributed by atoms with van der Waals surface area (Å²) >= 11 is 0. The Balaban J connectivity index is 3.79. The van der Waals surface area contributed by atoms with Crippen molar-refractivity contribution in [2.75, 3.05) is 19.6 Å². The standard InChI is InChI=1S/C12H28N2/c1-5-7-8-9-10-14(6-2)12(3,4)11-13/h5-11,13H2,1-4H3. The van der Waals surface area contributed by atoms with Crippen molar-refractivity contribution in [2.45, 2.75) is 58.9 Å². The van der Waals surface area contributed by atoms with Crippen molar-refractivity contribution in [1.29, 1.82) is 0 Å². The molecule has 0 aliphatic heterocycles. The zero-order chi connectivity index (χ0) is 11.0. The summed E-state index contributed by atoms with van der Waals surface area (Å²) in [5.74, 6) is 0. The van der Waals surface area contributed by atoms with Gasteiger partial charge in [0, 0.05) is 12.1 Å². The van der Waals surface area contributed by atoms with Crippen LogP contribution >= 0.6 is 0 Å². The van der Waals surface area contributed by atoms with Crippen molar-refractivity contribution in [3.63, 3.8) is 0 Å². The number of unbranched alkanes of at least 4 members (excludes halogenated alkanes) is 3. The summed E-state index contributed by atoms with van der Waals surface area (Å²) in [6.07, 6.45) is 5.34. The molecule has 0 radical (unpaired) electrons. The molecule has 0 aromatic carbocycles. The van der Waals surface area contributed by atoms with Crippen LogP contribution in [0.4, 0.5) is 0 Å². The van der Waals surface area contributed by atoms with Gasteiger partial charge in [-0.1, -0.05) is 33.1 Å². The monoisotopic (exact) mass is 200 g/mol. The third kappa shape index (κ3) is 4.97. The zero-order valence-electron chi connectivity index (χ0n) is 10.5. The van der Waals surface area contributed by atoms with E-state index in [0.29, 0.717) is 0 Å². The summed E-state index contributed by atoms with van der Waals surface area (Å²) < 4.78 is 0. The van der Waals surface area contributed by atoms with Gasteiger partial charge in [0.25, 0.3) is 0 Å². The van der Waals surface area contributed by atoms with E-state index in [0.717, 1.165) is 13.1 Å². The molecule has 2 heteroatoms. The molecule has 2 nitrogen and oxygen atoms in total. The Morgan fingerprint density at radius 2 is 1.71 bits per heavy atom. The molecule has 86 valence electrons. The second kappa shape index (κ2) is 7.24. The van der Waals surface area contributed by atoms with Crippen molar-refractivity contribution in [3.05, 3.63) is 0 Å². The van der Waals surface area contributed by atoms with Crippen LogP contribution in [0.2, 0.25) is 0 Å². The van der Waals surface area contributed by atoms with Gasteiger partial charge < -0.3 is 5.73 Å². The molecule has 0 heterocycles. The third-order valence-electron chi connectivity index (χ3n) is 3.02. The van der Waals surface area contributed by atoms with Crippen LogP contribution in [-0.2, 0) is 0 Å². The lowest BCUT2D eigenvalue weighted by Crippen LogP contribution is -2.49. The molecule has 0 aromatic heterocycles. The molecule has 2 N–H and O–H groups in total. The normalized spacial score (nSPS) is 12.4. The highest BCUT2D eigenvalue weighted by atomic mass is 15.2. The summed E-state index contributed by atoms with van der Waals surface area (Å²) in [7, 11) is 0. The quantitative estimate of drug-likeness (QED) is 0.610. The van der Waals surface area contributed by atoms with Gasteiger partial charge in [-0.2, -0.15) is 0 Å². The van der Waals surface area contributed by atoms with E-state index in [4.69, 9.17) is 5.73 Å². The van der Waals surface area contributed by atoms with Crippen LogP contribution in [0.5, 0.6) is 0 Å². The molecule has 0 saturated carbocycles. The predicted octanol–water partition coefficient (Wildman–Crippen LogP) is 2.63. The molecular weight excluding hydrogens is 172 g/mol. The molecule has 0 atom stereocenters. The number of nitrogens with two attached hydrogens (primary N) is 1. The van der Waals surface area contributed by atoms with E-state index in [1.807, 2.05) is 0 Å². The van der Waals surface area contributed by atoms with E-state index < -0.39 is 0 Å². The van der Waals surface area contributed by atoms with Crippen molar-refractivity contribution in [1.82, 2.24) is 4.90 Å². The molecule has 0 spiro atoms. The van der Waals surface area contributed by atoms with E-state index in [-0.39, 0.29) is 5.54 Å². The molecule has 0 aliphatic carbocycles. The van der Waals surface area contributed by atoms with E-state index in [2.05, 4.69) is 32.6 Å². The van der Waals surface area contributed by atoms with Gasteiger partial charge in [-0.05, 0) is 33.4 Å². The fraction of sp³-hybridized carbons (Fsp3) is 1.00. The first-order valence-corrected chi connectivity index (χ1v) is 6.03. The van der Waals surface area contributed by atoms with Crippen molar-refractivity contribution >= 4 is 0 Å². The first-order chi connectivity index (χ1) is 6.58. The minimum atomic E-state index is 0.168. The maximum absolute atomic E-state index is 5.77. The van der Waals surface area contributed by atoms with E-state index in [9.17, 15) is 0 Å². The highest BCUT2D eigenvalue weighted by Gasteiger charge is 2.22. The summed E-state index contributed by atoms with van der Waals surface area (Å²) in [5.41, 5.74) is 5.94. The highest BCUT2D eigenvalue weighted by Crippen LogP contribution is 2.13. The van der Waals surface area contributed by atoms with Crippen LogP contribution in [-0.4, -0.2) is 30.1 Å². The van der Waals surface area contributed by atoms with Gasteiger partial charge in [0.1, 0.15) is 0 Å². The Bertz CT molecular complexity index is 132. The lowest BCUT2D eigenvalue weighted by atomic mass is 10.0. The molecule has 0 unspecified atom stereocenters. The fourth-order valence-electron chi connectivity index (χ4n) is 1.75. The van der Waals surface area contributed by atoms with Gasteiger partial charge in [-0.25, -0.2) is 0 Å². The average molecular weight is 200 g/mol. The van der Waals surface area contributed by atoms with Crippen LogP contribution < -0.4 is 5.73 Å². The Labute approximate surface area is 89.9 Å². The van der Waals surface area contributed by atoms with Crippen LogP contribution in [0, 0.1) is 0 Å². The second-order valence-corrected chi connectivity index (χ2v) is 4.66. The number of hydrogen-bond acceptors (Lipinski definition) is 2. The topological polar surface area (TPSA) is 29.3 Å². The maximum atomic E-state index is 5.77. The summed E-state index contributed by atoms with van der Waals surface area (Å²) in [6, 6.07) is 0. The molecule has 0 saturated heterocycles. The number of rotatable bonds is 8.